The highest BCUT2D eigenvalue weighted by molar-refractivity contribution is 6.36. The van der Waals surface area contributed by atoms with E-state index in [1.54, 1.807) is 24.3 Å². The molecule has 1 atom stereocenters. The minimum Gasteiger partial charge on any atom is -0.490 e. The molecule has 0 fully saturated rings. The Kier molecular flexibility index (Phi) is 10.0. The molecule has 0 aliphatic heterocycles. The van der Waals surface area contributed by atoms with Crippen molar-refractivity contribution in [3.63, 3.8) is 0 Å². The van der Waals surface area contributed by atoms with Crippen molar-refractivity contribution in [2.24, 2.45) is 11.0 Å². The average molecular weight is 494 g/mol. The van der Waals surface area contributed by atoms with Crippen LogP contribution in [0.3, 0.4) is 0 Å². The van der Waals surface area contributed by atoms with Crippen LogP contribution in [0.5, 0.6) is 11.5 Å². The lowest BCUT2D eigenvalue weighted by atomic mass is 10.0. The van der Waals surface area contributed by atoms with Crippen molar-refractivity contribution in [2.45, 2.75) is 46.8 Å². The molecule has 178 valence electrons. The van der Waals surface area contributed by atoms with Gasteiger partial charge in [-0.2, -0.15) is 5.10 Å². The number of carbonyl (C=O) groups is 2. The fourth-order valence-electron chi connectivity index (χ4n) is 2.89. The van der Waals surface area contributed by atoms with Gasteiger partial charge in [-0.25, -0.2) is 5.43 Å². The lowest BCUT2D eigenvalue weighted by Crippen LogP contribution is -2.48. The highest BCUT2D eigenvalue weighted by atomic mass is 35.5. The van der Waals surface area contributed by atoms with Gasteiger partial charge in [0.05, 0.1) is 29.5 Å². The fraction of sp³-hybridized carbons (Fsp3) is 0.375. The molecule has 2 amide bonds. The summed E-state index contributed by atoms with van der Waals surface area (Å²) in [4.78, 5) is 25.3. The monoisotopic (exact) mass is 493 g/mol. The van der Waals surface area contributed by atoms with E-state index >= 15 is 0 Å². The van der Waals surface area contributed by atoms with E-state index in [4.69, 9.17) is 32.7 Å². The SMILES string of the molecule is CCOc1cc(/C=N/NC(=O)C(NC(=O)c2ccc(Cl)cc2Cl)C(C)C)ccc1OC(C)C. The van der Waals surface area contributed by atoms with Crippen LogP contribution in [-0.2, 0) is 4.79 Å². The minimum absolute atomic E-state index is 0.00828. The second-order valence-corrected chi connectivity index (χ2v) is 8.70. The highest BCUT2D eigenvalue weighted by Gasteiger charge is 2.25. The molecule has 9 heteroatoms. The summed E-state index contributed by atoms with van der Waals surface area (Å²) in [5.74, 6) is 0.110. The second kappa shape index (κ2) is 12.5. The molecule has 0 aliphatic rings. The van der Waals surface area contributed by atoms with Crippen molar-refractivity contribution < 1.29 is 19.1 Å². The third-order valence-electron chi connectivity index (χ3n) is 4.43. The van der Waals surface area contributed by atoms with Crippen LogP contribution in [0.15, 0.2) is 41.5 Å². The predicted molar refractivity (Wildman–Crippen MR) is 132 cm³/mol. The number of nitrogens with zero attached hydrogens (tertiary/aromatic N) is 1. The number of hydrogen-bond donors (Lipinski definition) is 2. The van der Waals surface area contributed by atoms with Crippen molar-refractivity contribution >= 4 is 41.2 Å². The topological polar surface area (TPSA) is 89.0 Å². The van der Waals surface area contributed by atoms with E-state index in [1.807, 2.05) is 34.6 Å². The molecule has 2 N–H and O–H groups in total. The first kappa shape index (κ1) is 26.5. The zero-order valence-corrected chi connectivity index (χ0v) is 20.8. The number of benzene rings is 2. The Morgan fingerprint density at radius 1 is 1.06 bits per heavy atom. The quantitative estimate of drug-likeness (QED) is 0.356. The highest BCUT2D eigenvalue weighted by Crippen LogP contribution is 2.29. The minimum atomic E-state index is -0.817. The van der Waals surface area contributed by atoms with Crippen LogP contribution in [0.2, 0.25) is 10.0 Å². The summed E-state index contributed by atoms with van der Waals surface area (Å²) in [6.45, 7) is 9.88. The lowest BCUT2D eigenvalue weighted by molar-refractivity contribution is -0.123. The second-order valence-electron chi connectivity index (χ2n) is 7.86. The standard InChI is InChI=1S/C24H29Cl2N3O4/c1-6-32-21-11-16(7-10-20(21)33-15(4)5)13-27-29-24(31)22(14(2)3)28-23(30)18-9-8-17(25)12-19(18)26/h7-15,22H,6H2,1-5H3,(H,28,30)(H,29,31)/b27-13+. The molecule has 7 nitrogen and oxygen atoms in total. The zero-order valence-electron chi connectivity index (χ0n) is 19.3. The average Bonchev–Trinajstić information content (AvgIpc) is 2.73. The summed E-state index contributed by atoms with van der Waals surface area (Å²) in [6.07, 6.45) is 1.50. The smallest absolute Gasteiger partial charge is 0.262 e. The van der Waals surface area contributed by atoms with Gasteiger partial charge in [-0.3, -0.25) is 9.59 Å². The summed E-state index contributed by atoms with van der Waals surface area (Å²) in [5.41, 5.74) is 3.43. The molecule has 0 bridgehead atoms. The number of halogens is 2. The summed E-state index contributed by atoms with van der Waals surface area (Å²) in [6, 6.07) is 9.10. The van der Waals surface area contributed by atoms with E-state index in [1.165, 1.54) is 18.3 Å². The fourth-order valence-corrected chi connectivity index (χ4v) is 3.39. The van der Waals surface area contributed by atoms with Crippen molar-refractivity contribution in [2.75, 3.05) is 6.61 Å². The van der Waals surface area contributed by atoms with E-state index < -0.39 is 17.9 Å². The number of hydrazone groups is 1. The van der Waals surface area contributed by atoms with Crippen LogP contribution >= 0.6 is 23.2 Å². The normalized spacial score (nSPS) is 12.2. The zero-order chi connectivity index (χ0) is 24.5. The van der Waals surface area contributed by atoms with E-state index in [0.717, 1.165) is 0 Å². The van der Waals surface area contributed by atoms with Gasteiger partial charge in [-0.1, -0.05) is 37.0 Å². The Morgan fingerprint density at radius 3 is 2.39 bits per heavy atom. The van der Waals surface area contributed by atoms with Crippen LogP contribution in [0, 0.1) is 5.92 Å². The Morgan fingerprint density at radius 2 is 1.79 bits per heavy atom. The first-order chi connectivity index (χ1) is 15.6. The maximum Gasteiger partial charge on any atom is 0.262 e. The summed E-state index contributed by atoms with van der Waals surface area (Å²) in [5, 5.41) is 7.36. The molecular formula is C24H29Cl2N3O4. The molecule has 0 saturated carbocycles. The van der Waals surface area contributed by atoms with Gasteiger partial charge in [0.2, 0.25) is 0 Å². The number of rotatable bonds is 10. The molecule has 0 heterocycles. The van der Waals surface area contributed by atoms with Crippen LogP contribution in [-0.4, -0.2) is 36.8 Å². The molecule has 0 aromatic heterocycles. The van der Waals surface area contributed by atoms with Crippen molar-refractivity contribution in [1.82, 2.24) is 10.7 Å². The van der Waals surface area contributed by atoms with Gasteiger partial charge in [0.15, 0.2) is 11.5 Å². The predicted octanol–water partition coefficient (Wildman–Crippen LogP) is 5.08. The van der Waals surface area contributed by atoms with Gasteiger partial charge in [0.25, 0.3) is 11.8 Å². The first-order valence-electron chi connectivity index (χ1n) is 10.6. The van der Waals surface area contributed by atoms with Gasteiger partial charge >= 0.3 is 0 Å². The maximum atomic E-state index is 12.7. The molecule has 2 rings (SSSR count). The number of ether oxygens (including phenoxy) is 2. The maximum absolute atomic E-state index is 12.7. The van der Waals surface area contributed by atoms with Crippen LogP contribution in [0.4, 0.5) is 0 Å². The van der Waals surface area contributed by atoms with Crippen LogP contribution in [0.1, 0.15) is 50.5 Å². The Labute approximate surface area is 204 Å². The Hall–Kier alpha value is -2.77. The molecular weight excluding hydrogens is 465 g/mol. The molecule has 33 heavy (non-hydrogen) atoms. The van der Waals surface area contributed by atoms with Crippen molar-refractivity contribution in [3.05, 3.63) is 57.6 Å². The van der Waals surface area contributed by atoms with E-state index in [0.29, 0.717) is 28.7 Å². The van der Waals surface area contributed by atoms with Crippen LogP contribution in [0.25, 0.3) is 0 Å². The van der Waals surface area contributed by atoms with E-state index in [2.05, 4.69) is 15.8 Å². The number of hydrogen-bond acceptors (Lipinski definition) is 5. The number of nitrogens with one attached hydrogen (secondary N) is 2. The van der Waals surface area contributed by atoms with Gasteiger partial charge in [-0.05, 0) is 68.7 Å². The summed E-state index contributed by atoms with van der Waals surface area (Å²) >= 11 is 12.0. The molecule has 0 radical (unpaired) electrons. The number of carbonyl (C=O) groups excluding carboxylic acids is 2. The summed E-state index contributed by atoms with van der Waals surface area (Å²) < 4.78 is 11.4. The van der Waals surface area contributed by atoms with Crippen LogP contribution < -0.4 is 20.2 Å². The van der Waals surface area contributed by atoms with Crippen molar-refractivity contribution in [3.8, 4) is 11.5 Å². The molecule has 2 aromatic rings. The molecule has 0 saturated heterocycles. The molecule has 0 aliphatic carbocycles. The number of amides is 2. The van der Waals surface area contributed by atoms with E-state index in [-0.39, 0.29) is 22.6 Å². The first-order valence-corrected chi connectivity index (χ1v) is 11.4. The third-order valence-corrected chi connectivity index (χ3v) is 4.98. The van der Waals surface area contributed by atoms with Gasteiger partial charge in [0.1, 0.15) is 6.04 Å². The third kappa shape index (κ3) is 7.94. The largest absolute Gasteiger partial charge is 0.490 e. The van der Waals surface area contributed by atoms with Gasteiger partial charge in [-0.15, -0.1) is 0 Å². The van der Waals surface area contributed by atoms with Gasteiger partial charge < -0.3 is 14.8 Å². The van der Waals surface area contributed by atoms with Gasteiger partial charge in [0, 0.05) is 5.02 Å². The van der Waals surface area contributed by atoms with Crippen molar-refractivity contribution in [1.29, 1.82) is 0 Å². The Balaban J connectivity index is 2.08. The molecule has 1 unspecified atom stereocenters. The van der Waals surface area contributed by atoms with E-state index in [9.17, 15) is 9.59 Å². The Bertz CT molecular complexity index is 1010. The molecule has 2 aromatic carbocycles. The lowest BCUT2D eigenvalue weighted by Gasteiger charge is -2.20. The summed E-state index contributed by atoms with van der Waals surface area (Å²) in [7, 11) is 0. The molecule has 0 spiro atoms.